The Morgan fingerprint density at radius 1 is 0.962 bits per heavy atom. The Hall–Kier alpha value is -4.02. The van der Waals surface area contributed by atoms with Crippen molar-refractivity contribution in [3.63, 3.8) is 0 Å². The first-order valence-corrected chi connectivity index (χ1v) is 6.89. The van der Waals surface area contributed by atoms with E-state index in [9.17, 15) is 29.8 Å². The lowest BCUT2D eigenvalue weighted by Gasteiger charge is -2.00. The van der Waals surface area contributed by atoms with Crippen LogP contribution in [0.1, 0.15) is 15.9 Å². The molecule has 11 heteroatoms. The van der Waals surface area contributed by atoms with Gasteiger partial charge in [-0.05, 0) is 11.6 Å². The van der Waals surface area contributed by atoms with Crippen molar-refractivity contribution in [2.45, 2.75) is 6.54 Å². The molecule has 0 aliphatic carbocycles. The van der Waals surface area contributed by atoms with Crippen molar-refractivity contribution >= 4 is 23.4 Å². The number of carboxylic acids is 1. The molecule has 3 N–H and O–H groups in total. The van der Waals surface area contributed by atoms with E-state index >= 15 is 0 Å². The number of non-ortho nitro benzene ring substituents is 1. The third-order valence-electron chi connectivity index (χ3n) is 2.90. The average molecular weight is 363 g/mol. The fourth-order valence-corrected chi connectivity index (χ4v) is 1.77. The summed E-state index contributed by atoms with van der Waals surface area (Å²) in [5, 5.41) is 39.6. The van der Waals surface area contributed by atoms with E-state index in [2.05, 4.69) is 5.32 Å². The molecule has 0 aliphatic rings. The summed E-state index contributed by atoms with van der Waals surface area (Å²) >= 11 is 0. The van der Waals surface area contributed by atoms with E-state index in [-0.39, 0.29) is 23.5 Å². The van der Waals surface area contributed by atoms with E-state index in [1.165, 1.54) is 36.4 Å². The van der Waals surface area contributed by atoms with Crippen molar-refractivity contribution < 1.29 is 29.6 Å². The average Bonchev–Trinajstić information content (AvgIpc) is 2.60. The normalized spacial score (nSPS) is 9.38. The summed E-state index contributed by atoms with van der Waals surface area (Å²) in [7, 11) is 0. The monoisotopic (exact) mass is 363 g/mol. The lowest BCUT2D eigenvalue weighted by Crippen LogP contribution is -2.19. The molecule has 136 valence electrons. The van der Waals surface area contributed by atoms with Gasteiger partial charge in [0.15, 0.2) is 0 Å². The number of nitro benzene ring substituents is 2. The Bertz CT molecular complexity index is 804. The van der Waals surface area contributed by atoms with E-state index < -0.39 is 21.9 Å². The largest absolute Gasteiger partial charge is 0.477 e. The van der Waals surface area contributed by atoms with Gasteiger partial charge in [-0.3, -0.25) is 20.2 Å². The molecule has 0 saturated heterocycles. The Morgan fingerprint density at radius 2 is 1.62 bits per heavy atom. The van der Waals surface area contributed by atoms with E-state index in [1.54, 1.807) is 6.07 Å². The van der Waals surface area contributed by atoms with Gasteiger partial charge >= 0.3 is 12.1 Å². The second kappa shape index (κ2) is 9.32. The van der Waals surface area contributed by atoms with Crippen LogP contribution >= 0.6 is 0 Å². The van der Waals surface area contributed by atoms with Crippen LogP contribution in [0.4, 0.5) is 16.2 Å². The summed E-state index contributed by atoms with van der Waals surface area (Å²) < 4.78 is 0. The molecular formula is C15H13N3O8. The van der Waals surface area contributed by atoms with Crippen molar-refractivity contribution in [3.05, 3.63) is 79.9 Å². The molecule has 0 aliphatic heterocycles. The van der Waals surface area contributed by atoms with Gasteiger partial charge in [-0.1, -0.05) is 24.3 Å². The first kappa shape index (κ1) is 20.0. The maximum atomic E-state index is 10.4. The molecule has 0 aromatic heterocycles. The summed E-state index contributed by atoms with van der Waals surface area (Å²) in [6.07, 6.45) is -1.16. The number of hydrogen-bond acceptors (Lipinski definition) is 6. The van der Waals surface area contributed by atoms with Crippen LogP contribution < -0.4 is 5.32 Å². The quantitative estimate of drug-likeness (QED) is 0.537. The molecule has 0 unspecified atom stereocenters. The van der Waals surface area contributed by atoms with Crippen molar-refractivity contribution in [2.75, 3.05) is 0 Å². The van der Waals surface area contributed by atoms with Gasteiger partial charge in [0.05, 0.1) is 9.85 Å². The van der Waals surface area contributed by atoms with Gasteiger partial charge in [0, 0.05) is 24.7 Å². The summed E-state index contributed by atoms with van der Waals surface area (Å²) in [4.78, 5) is 40.0. The number of carboxylic acid groups (broad SMARTS) is 2. The molecular weight excluding hydrogens is 350 g/mol. The molecule has 1 amide bonds. The molecule has 0 saturated carbocycles. The molecule has 0 spiro atoms. The van der Waals surface area contributed by atoms with Crippen LogP contribution in [0.25, 0.3) is 0 Å². The fourth-order valence-electron chi connectivity index (χ4n) is 1.77. The smallest absolute Gasteiger partial charge is 0.404 e. The number of benzene rings is 2. The Morgan fingerprint density at radius 3 is 2.12 bits per heavy atom. The van der Waals surface area contributed by atoms with Crippen molar-refractivity contribution in [1.82, 2.24) is 5.32 Å². The lowest BCUT2D eigenvalue weighted by atomic mass is 10.2. The van der Waals surface area contributed by atoms with Crippen LogP contribution in [-0.4, -0.2) is 32.1 Å². The van der Waals surface area contributed by atoms with E-state index in [4.69, 9.17) is 10.2 Å². The molecule has 0 bridgehead atoms. The van der Waals surface area contributed by atoms with Gasteiger partial charge in [-0.15, -0.1) is 0 Å². The van der Waals surface area contributed by atoms with Gasteiger partial charge in [-0.2, -0.15) is 0 Å². The van der Waals surface area contributed by atoms with Gasteiger partial charge in [0.2, 0.25) is 0 Å². The Kier molecular flexibility index (Phi) is 7.18. The number of carbonyl (C=O) groups is 2. The van der Waals surface area contributed by atoms with Crippen LogP contribution in [0, 0.1) is 20.2 Å². The van der Waals surface area contributed by atoms with Crippen molar-refractivity contribution in [2.24, 2.45) is 0 Å². The number of hydrogen-bond donors (Lipinski definition) is 3. The number of aromatic carboxylic acids is 1. The van der Waals surface area contributed by atoms with Crippen LogP contribution in [0.15, 0.2) is 48.5 Å². The number of nitrogens with zero attached hydrogens (tertiary/aromatic N) is 2. The molecule has 0 radical (unpaired) electrons. The molecule has 2 aromatic rings. The minimum Gasteiger partial charge on any atom is -0.477 e. The first-order chi connectivity index (χ1) is 12.2. The summed E-state index contributed by atoms with van der Waals surface area (Å²) in [5.74, 6) is -1.29. The van der Waals surface area contributed by atoms with Crippen LogP contribution in [0.2, 0.25) is 0 Å². The molecule has 0 atom stereocenters. The minimum absolute atomic E-state index is 0.0466. The second-order valence-electron chi connectivity index (χ2n) is 4.67. The zero-order chi connectivity index (χ0) is 19.7. The van der Waals surface area contributed by atoms with Crippen LogP contribution in [0.5, 0.6) is 0 Å². The number of nitro groups is 2. The zero-order valence-electron chi connectivity index (χ0n) is 13.1. The van der Waals surface area contributed by atoms with E-state index in [1.807, 2.05) is 0 Å². The van der Waals surface area contributed by atoms with Crippen LogP contribution in [0.3, 0.4) is 0 Å². The highest BCUT2D eigenvalue weighted by molar-refractivity contribution is 5.92. The Balaban J connectivity index is 0.000000263. The highest BCUT2D eigenvalue weighted by atomic mass is 16.6. The van der Waals surface area contributed by atoms with Gasteiger partial charge in [-0.25, -0.2) is 9.59 Å². The first-order valence-electron chi connectivity index (χ1n) is 6.89. The van der Waals surface area contributed by atoms with Crippen LogP contribution in [-0.2, 0) is 6.54 Å². The number of nitrogens with one attached hydrogen (secondary N) is 1. The molecule has 2 rings (SSSR count). The van der Waals surface area contributed by atoms with Crippen molar-refractivity contribution in [1.29, 1.82) is 0 Å². The maximum Gasteiger partial charge on any atom is 0.404 e. The number of rotatable bonds is 5. The number of amides is 1. The molecule has 0 heterocycles. The van der Waals surface area contributed by atoms with E-state index in [0.717, 1.165) is 6.07 Å². The fraction of sp³-hybridized carbons (Fsp3) is 0.0667. The van der Waals surface area contributed by atoms with Crippen molar-refractivity contribution in [3.8, 4) is 0 Å². The third-order valence-corrected chi connectivity index (χ3v) is 2.90. The second-order valence-corrected chi connectivity index (χ2v) is 4.67. The minimum atomic E-state index is -1.29. The maximum absolute atomic E-state index is 10.4. The molecule has 0 fully saturated rings. The summed E-state index contributed by atoms with van der Waals surface area (Å²) in [5.41, 5.74) is -0.163. The third kappa shape index (κ3) is 6.23. The van der Waals surface area contributed by atoms with Gasteiger partial charge in [0.1, 0.15) is 5.56 Å². The lowest BCUT2D eigenvalue weighted by molar-refractivity contribution is -0.385. The number of para-hydroxylation sites is 1. The van der Waals surface area contributed by atoms with E-state index in [0.29, 0.717) is 5.56 Å². The standard InChI is InChI=1S/C8H8N2O4.C7H5NO4/c11-8(12)9-5-6-2-1-3-7(4-6)10(13)14;9-7(10)5-3-1-2-4-6(5)8(11)12/h1-4,9H,5H2,(H,11,12);1-4H,(H,9,10). The summed E-state index contributed by atoms with van der Waals surface area (Å²) in [6.45, 7) is 0.0665. The molecule has 11 nitrogen and oxygen atoms in total. The van der Waals surface area contributed by atoms with Gasteiger partial charge in [0.25, 0.3) is 11.4 Å². The SMILES string of the molecule is O=C(O)NCc1cccc([N+](=O)[O-])c1.O=C(O)c1ccccc1[N+](=O)[O-]. The Labute approximate surface area is 145 Å². The predicted octanol–water partition coefficient (Wildman–Crippen LogP) is 2.66. The topological polar surface area (TPSA) is 173 Å². The zero-order valence-corrected chi connectivity index (χ0v) is 13.1. The highest BCUT2D eigenvalue weighted by Gasteiger charge is 2.17. The highest BCUT2D eigenvalue weighted by Crippen LogP contribution is 2.16. The summed E-state index contributed by atoms with van der Waals surface area (Å²) in [6, 6.07) is 11.0. The molecule has 2 aromatic carbocycles. The molecule has 26 heavy (non-hydrogen) atoms. The predicted molar refractivity (Wildman–Crippen MR) is 88.0 cm³/mol. The van der Waals surface area contributed by atoms with Gasteiger partial charge < -0.3 is 15.5 Å².